The van der Waals surface area contributed by atoms with E-state index in [9.17, 15) is 9.59 Å². The zero-order valence-electron chi connectivity index (χ0n) is 17.3. The molecular weight excluding hydrogens is 352 g/mol. The van der Waals surface area contributed by atoms with Crippen molar-refractivity contribution >= 4 is 16.8 Å². The first-order valence-corrected chi connectivity index (χ1v) is 10.4. The van der Waals surface area contributed by atoms with Crippen LogP contribution >= 0.6 is 0 Å². The van der Waals surface area contributed by atoms with Gasteiger partial charge in [0.1, 0.15) is 6.54 Å². The van der Waals surface area contributed by atoms with Crippen molar-refractivity contribution in [2.24, 2.45) is 11.8 Å². The van der Waals surface area contributed by atoms with E-state index < -0.39 is 0 Å². The topological polar surface area (TPSA) is 67.2 Å². The smallest absolute Gasteiger partial charge is 0.261 e. The molecule has 1 N–H and O–H groups in total. The van der Waals surface area contributed by atoms with Crippen LogP contribution in [-0.4, -0.2) is 46.5 Å². The van der Waals surface area contributed by atoms with E-state index in [1.807, 2.05) is 19.1 Å². The van der Waals surface area contributed by atoms with Crippen LogP contribution in [0.25, 0.3) is 10.9 Å². The van der Waals surface area contributed by atoms with Crippen molar-refractivity contribution in [3.63, 3.8) is 0 Å². The Bertz CT molecular complexity index is 866. The number of fused-ring (bicyclic) bond motifs is 1. The third kappa shape index (κ3) is 5.19. The molecule has 2 unspecified atom stereocenters. The van der Waals surface area contributed by atoms with Gasteiger partial charge in [-0.05, 0) is 56.2 Å². The van der Waals surface area contributed by atoms with Crippen molar-refractivity contribution in [1.29, 1.82) is 0 Å². The van der Waals surface area contributed by atoms with Gasteiger partial charge in [0.05, 0.1) is 17.2 Å². The molecule has 2 heterocycles. The van der Waals surface area contributed by atoms with E-state index >= 15 is 0 Å². The Morgan fingerprint density at radius 2 is 1.96 bits per heavy atom. The number of carbonyl (C=O) groups excluding carboxylic acids is 1. The Kier molecular flexibility index (Phi) is 6.83. The van der Waals surface area contributed by atoms with Crippen molar-refractivity contribution in [1.82, 2.24) is 19.8 Å². The summed E-state index contributed by atoms with van der Waals surface area (Å²) in [7, 11) is 0. The van der Waals surface area contributed by atoms with E-state index in [1.54, 1.807) is 6.07 Å². The molecule has 0 bridgehead atoms. The minimum absolute atomic E-state index is 0.0108. The Balaban J connectivity index is 1.43. The monoisotopic (exact) mass is 384 g/mol. The van der Waals surface area contributed by atoms with Crippen LogP contribution in [0.2, 0.25) is 0 Å². The van der Waals surface area contributed by atoms with Crippen LogP contribution in [0.1, 0.15) is 38.7 Å². The predicted molar refractivity (Wildman–Crippen MR) is 112 cm³/mol. The first-order valence-electron chi connectivity index (χ1n) is 10.4. The number of piperidine rings is 1. The van der Waals surface area contributed by atoms with Gasteiger partial charge in [0.15, 0.2) is 0 Å². The number of carbonyl (C=O) groups is 1. The number of nitrogens with zero attached hydrogens (tertiary/aromatic N) is 3. The van der Waals surface area contributed by atoms with Gasteiger partial charge in [0, 0.05) is 19.6 Å². The maximum Gasteiger partial charge on any atom is 0.261 e. The SMILES string of the molecule is Cc1cccc2c(=O)n(CC(=O)NCCCCN3CC(C)CC(C)C3)cnc12. The average Bonchev–Trinajstić information content (AvgIpc) is 2.63. The number of aromatic nitrogens is 2. The van der Waals surface area contributed by atoms with Gasteiger partial charge in [-0.1, -0.05) is 26.0 Å². The first-order chi connectivity index (χ1) is 13.4. The molecule has 6 heteroatoms. The Morgan fingerprint density at radius 1 is 1.21 bits per heavy atom. The lowest BCUT2D eigenvalue weighted by Crippen LogP contribution is -2.39. The number of para-hydroxylation sites is 1. The second-order valence-electron chi connectivity index (χ2n) is 8.41. The van der Waals surface area contributed by atoms with Crippen molar-refractivity contribution in [3.05, 3.63) is 40.4 Å². The van der Waals surface area contributed by atoms with E-state index in [-0.39, 0.29) is 18.0 Å². The lowest BCUT2D eigenvalue weighted by molar-refractivity contribution is -0.121. The van der Waals surface area contributed by atoms with E-state index in [4.69, 9.17) is 0 Å². The molecule has 28 heavy (non-hydrogen) atoms. The van der Waals surface area contributed by atoms with Crippen LogP contribution in [0.3, 0.4) is 0 Å². The van der Waals surface area contributed by atoms with Gasteiger partial charge in [-0.2, -0.15) is 0 Å². The maximum absolute atomic E-state index is 12.6. The molecule has 1 aliphatic heterocycles. The molecular formula is C22H32N4O2. The van der Waals surface area contributed by atoms with E-state index in [1.165, 1.54) is 30.4 Å². The molecule has 0 aliphatic carbocycles. The summed E-state index contributed by atoms with van der Waals surface area (Å²) in [6.45, 7) is 10.7. The Hall–Kier alpha value is -2.21. The molecule has 2 aromatic rings. The highest BCUT2D eigenvalue weighted by molar-refractivity contribution is 5.81. The second kappa shape index (κ2) is 9.32. The highest BCUT2D eigenvalue weighted by Crippen LogP contribution is 2.20. The van der Waals surface area contributed by atoms with Crippen LogP contribution in [0.4, 0.5) is 0 Å². The van der Waals surface area contributed by atoms with Gasteiger partial charge < -0.3 is 10.2 Å². The highest BCUT2D eigenvalue weighted by Gasteiger charge is 2.20. The van der Waals surface area contributed by atoms with E-state index in [0.717, 1.165) is 36.8 Å². The second-order valence-corrected chi connectivity index (χ2v) is 8.41. The Morgan fingerprint density at radius 3 is 2.71 bits per heavy atom. The van der Waals surface area contributed by atoms with E-state index in [2.05, 4.69) is 29.0 Å². The lowest BCUT2D eigenvalue weighted by atomic mass is 9.92. The van der Waals surface area contributed by atoms with Gasteiger partial charge in [0.2, 0.25) is 5.91 Å². The van der Waals surface area contributed by atoms with Crippen LogP contribution in [0.5, 0.6) is 0 Å². The highest BCUT2D eigenvalue weighted by atomic mass is 16.2. The average molecular weight is 385 g/mol. The zero-order chi connectivity index (χ0) is 20.1. The minimum atomic E-state index is -0.169. The molecule has 1 aromatic carbocycles. The van der Waals surface area contributed by atoms with Gasteiger partial charge in [-0.15, -0.1) is 0 Å². The van der Waals surface area contributed by atoms with Crippen molar-refractivity contribution in [2.45, 2.75) is 46.6 Å². The summed E-state index contributed by atoms with van der Waals surface area (Å²) in [5.41, 5.74) is 1.49. The molecule has 6 nitrogen and oxygen atoms in total. The summed E-state index contributed by atoms with van der Waals surface area (Å²) in [5, 5.41) is 3.48. The number of amides is 1. The normalized spacial score (nSPS) is 20.4. The van der Waals surface area contributed by atoms with Gasteiger partial charge in [0.25, 0.3) is 5.56 Å². The third-order valence-corrected chi connectivity index (χ3v) is 5.54. The summed E-state index contributed by atoms with van der Waals surface area (Å²) in [4.78, 5) is 31.7. The summed E-state index contributed by atoms with van der Waals surface area (Å²) in [6, 6.07) is 5.53. The molecule has 2 atom stereocenters. The molecule has 1 amide bonds. The molecule has 3 rings (SSSR count). The number of rotatable bonds is 7. The molecule has 1 saturated heterocycles. The molecule has 1 aromatic heterocycles. The molecule has 1 fully saturated rings. The zero-order valence-corrected chi connectivity index (χ0v) is 17.3. The number of hydrogen-bond donors (Lipinski definition) is 1. The summed E-state index contributed by atoms with van der Waals surface area (Å²) in [6.07, 6.45) is 4.83. The first kappa shape index (κ1) is 20.5. The molecule has 1 aliphatic rings. The van der Waals surface area contributed by atoms with Crippen LogP contribution < -0.4 is 10.9 Å². The fourth-order valence-corrected chi connectivity index (χ4v) is 4.32. The molecule has 152 valence electrons. The fourth-order valence-electron chi connectivity index (χ4n) is 4.32. The summed E-state index contributed by atoms with van der Waals surface area (Å²) >= 11 is 0. The summed E-state index contributed by atoms with van der Waals surface area (Å²) in [5.74, 6) is 1.42. The number of benzene rings is 1. The third-order valence-electron chi connectivity index (χ3n) is 5.54. The number of hydrogen-bond acceptors (Lipinski definition) is 4. The largest absolute Gasteiger partial charge is 0.355 e. The molecule has 0 saturated carbocycles. The van der Waals surface area contributed by atoms with E-state index in [0.29, 0.717) is 17.4 Å². The minimum Gasteiger partial charge on any atom is -0.355 e. The maximum atomic E-state index is 12.6. The van der Waals surface area contributed by atoms with Crippen LogP contribution in [0.15, 0.2) is 29.3 Å². The number of likely N-dealkylation sites (tertiary alicyclic amines) is 1. The van der Waals surface area contributed by atoms with Crippen LogP contribution in [0, 0.1) is 18.8 Å². The van der Waals surface area contributed by atoms with Gasteiger partial charge in [-0.3, -0.25) is 14.2 Å². The number of unbranched alkanes of at least 4 members (excludes halogenated alkanes) is 1. The fraction of sp³-hybridized carbons (Fsp3) is 0.591. The number of nitrogens with one attached hydrogen (secondary N) is 1. The molecule has 0 spiro atoms. The van der Waals surface area contributed by atoms with Crippen LogP contribution in [-0.2, 0) is 11.3 Å². The number of aryl methyl sites for hydroxylation is 1. The summed E-state index contributed by atoms with van der Waals surface area (Å²) < 4.78 is 1.38. The van der Waals surface area contributed by atoms with Crippen molar-refractivity contribution in [2.75, 3.05) is 26.2 Å². The van der Waals surface area contributed by atoms with Crippen molar-refractivity contribution in [3.8, 4) is 0 Å². The molecule has 0 radical (unpaired) electrons. The lowest BCUT2D eigenvalue weighted by Gasteiger charge is -2.34. The Labute approximate surface area is 166 Å². The van der Waals surface area contributed by atoms with Crippen molar-refractivity contribution < 1.29 is 4.79 Å². The predicted octanol–water partition coefficient (Wildman–Crippen LogP) is 2.58. The van der Waals surface area contributed by atoms with Gasteiger partial charge in [-0.25, -0.2) is 4.98 Å². The standard InChI is InChI=1S/C22H32N4O2/c1-16-11-17(2)13-25(12-16)10-5-4-9-23-20(27)14-26-15-24-21-18(3)7-6-8-19(21)22(26)28/h6-8,15-17H,4-5,9-14H2,1-3H3,(H,23,27). The quantitative estimate of drug-likeness (QED) is 0.745. The van der Waals surface area contributed by atoms with Gasteiger partial charge >= 0.3 is 0 Å².